The van der Waals surface area contributed by atoms with Gasteiger partial charge in [-0.1, -0.05) is 49.4 Å². The fraction of sp³-hybridized carbons (Fsp3) is 0.667. The minimum atomic E-state index is -0.181. The van der Waals surface area contributed by atoms with Crippen molar-refractivity contribution in [2.75, 3.05) is 0 Å². The molecule has 0 aliphatic heterocycles. The number of hydrogen-bond donors (Lipinski definition) is 1. The van der Waals surface area contributed by atoms with Gasteiger partial charge in [0.15, 0.2) is 0 Å². The molecule has 4 unspecified atom stereocenters. The van der Waals surface area contributed by atoms with Crippen LogP contribution < -0.4 is 0 Å². The molecular weight excluding hydrogens is 268 g/mol. The van der Waals surface area contributed by atoms with E-state index in [4.69, 9.17) is 11.6 Å². The van der Waals surface area contributed by atoms with Crippen molar-refractivity contribution in [2.45, 2.75) is 57.5 Å². The highest BCUT2D eigenvalue weighted by atomic mass is 35.5. The molecule has 0 saturated heterocycles. The molecule has 0 aromatic heterocycles. The van der Waals surface area contributed by atoms with Gasteiger partial charge in [-0.2, -0.15) is 0 Å². The molecule has 2 fully saturated rings. The first kappa shape index (κ1) is 14.4. The van der Waals surface area contributed by atoms with E-state index >= 15 is 0 Å². The van der Waals surface area contributed by atoms with Crippen molar-refractivity contribution in [3.63, 3.8) is 0 Å². The number of fused-ring (bicyclic) bond motifs is 1. The molecule has 20 heavy (non-hydrogen) atoms. The molecule has 0 radical (unpaired) electrons. The van der Waals surface area contributed by atoms with Gasteiger partial charge in [0.1, 0.15) is 0 Å². The first-order valence-electron chi connectivity index (χ1n) is 8.15. The van der Waals surface area contributed by atoms with Crippen LogP contribution >= 0.6 is 11.6 Å². The number of aliphatic hydroxyl groups is 1. The molecule has 2 aliphatic rings. The summed E-state index contributed by atoms with van der Waals surface area (Å²) in [6, 6.07) is 7.92. The lowest BCUT2D eigenvalue weighted by Crippen LogP contribution is -2.34. The summed E-state index contributed by atoms with van der Waals surface area (Å²) in [7, 11) is 0. The molecule has 3 rings (SSSR count). The highest BCUT2D eigenvalue weighted by Crippen LogP contribution is 2.43. The van der Waals surface area contributed by atoms with Crippen molar-refractivity contribution in [2.24, 2.45) is 17.8 Å². The summed E-state index contributed by atoms with van der Waals surface area (Å²) in [6.45, 7) is 0. The van der Waals surface area contributed by atoms with Gasteiger partial charge in [-0.15, -0.1) is 0 Å². The molecule has 2 heteroatoms. The molecule has 110 valence electrons. The average Bonchev–Trinajstić information content (AvgIpc) is 2.49. The van der Waals surface area contributed by atoms with E-state index in [-0.39, 0.29) is 6.10 Å². The first-order valence-corrected chi connectivity index (χ1v) is 8.52. The standard InChI is InChI=1S/C18H25ClO/c19-17-9-5-13(6-10-17)11-18(20)16-8-7-14-3-1-2-4-15(14)12-16/h5-6,9-10,14-16,18,20H,1-4,7-8,11-12H2. The zero-order valence-corrected chi connectivity index (χ0v) is 12.9. The van der Waals surface area contributed by atoms with Crippen molar-refractivity contribution in [1.29, 1.82) is 0 Å². The Morgan fingerprint density at radius 3 is 2.45 bits per heavy atom. The van der Waals surface area contributed by atoms with E-state index in [1.165, 1.54) is 50.5 Å². The Morgan fingerprint density at radius 1 is 1.00 bits per heavy atom. The van der Waals surface area contributed by atoms with Crippen molar-refractivity contribution in [3.8, 4) is 0 Å². The summed E-state index contributed by atoms with van der Waals surface area (Å²) in [5.74, 6) is 2.36. The number of aliphatic hydroxyl groups excluding tert-OH is 1. The number of halogens is 1. The largest absolute Gasteiger partial charge is 0.392 e. The van der Waals surface area contributed by atoms with Crippen LogP contribution in [0, 0.1) is 17.8 Å². The number of hydrogen-bond acceptors (Lipinski definition) is 1. The lowest BCUT2D eigenvalue weighted by Gasteiger charge is -2.40. The molecule has 0 heterocycles. The van der Waals surface area contributed by atoms with E-state index in [1.807, 2.05) is 24.3 Å². The van der Waals surface area contributed by atoms with E-state index < -0.39 is 0 Å². The lowest BCUT2D eigenvalue weighted by molar-refractivity contribution is 0.0361. The van der Waals surface area contributed by atoms with Gasteiger partial charge in [-0.25, -0.2) is 0 Å². The Labute approximate surface area is 127 Å². The van der Waals surface area contributed by atoms with Gasteiger partial charge >= 0.3 is 0 Å². The van der Waals surface area contributed by atoms with Crippen LogP contribution in [-0.4, -0.2) is 11.2 Å². The predicted molar refractivity (Wildman–Crippen MR) is 84.0 cm³/mol. The Balaban J connectivity index is 1.57. The topological polar surface area (TPSA) is 20.2 Å². The van der Waals surface area contributed by atoms with Gasteiger partial charge in [0, 0.05) is 5.02 Å². The monoisotopic (exact) mass is 292 g/mol. The van der Waals surface area contributed by atoms with Gasteiger partial charge in [0.25, 0.3) is 0 Å². The van der Waals surface area contributed by atoms with Gasteiger partial charge in [0.05, 0.1) is 6.10 Å². The zero-order valence-electron chi connectivity index (χ0n) is 12.1. The number of benzene rings is 1. The quantitative estimate of drug-likeness (QED) is 0.844. The fourth-order valence-electron chi connectivity index (χ4n) is 4.29. The minimum Gasteiger partial charge on any atom is -0.392 e. The van der Waals surface area contributed by atoms with E-state index in [2.05, 4.69) is 0 Å². The highest BCUT2D eigenvalue weighted by molar-refractivity contribution is 6.30. The normalized spacial score (nSPS) is 31.6. The molecule has 2 aliphatic carbocycles. The fourth-order valence-corrected chi connectivity index (χ4v) is 4.41. The smallest absolute Gasteiger partial charge is 0.0608 e. The third kappa shape index (κ3) is 3.38. The summed E-state index contributed by atoms with van der Waals surface area (Å²) >= 11 is 5.91. The SMILES string of the molecule is OC(Cc1ccc(Cl)cc1)C1CCC2CCCCC2C1. The van der Waals surface area contributed by atoms with Crippen LogP contribution in [-0.2, 0) is 6.42 Å². The van der Waals surface area contributed by atoms with E-state index in [0.29, 0.717) is 5.92 Å². The summed E-state index contributed by atoms with van der Waals surface area (Å²) in [4.78, 5) is 0. The third-order valence-corrected chi connectivity index (χ3v) is 5.73. The predicted octanol–water partition coefficient (Wildman–Crippen LogP) is 4.85. The summed E-state index contributed by atoms with van der Waals surface area (Å²) in [6.07, 6.45) is 10.1. The maximum Gasteiger partial charge on any atom is 0.0608 e. The molecule has 0 spiro atoms. The van der Waals surface area contributed by atoms with Crippen LogP contribution in [0.5, 0.6) is 0 Å². The second-order valence-electron chi connectivity index (χ2n) is 6.78. The van der Waals surface area contributed by atoms with E-state index in [0.717, 1.165) is 23.3 Å². The minimum absolute atomic E-state index is 0.181. The molecular formula is C18H25ClO. The second-order valence-corrected chi connectivity index (χ2v) is 7.21. The van der Waals surface area contributed by atoms with E-state index in [1.54, 1.807) is 0 Å². The Bertz CT molecular complexity index is 428. The van der Waals surface area contributed by atoms with Crippen molar-refractivity contribution < 1.29 is 5.11 Å². The molecule has 0 bridgehead atoms. The lowest BCUT2D eigenvalue weighted by atomic mass is 9.66. The molecule has 0 amide bonds. The van der Waals surface area contributed by atoms with Crippen molar-refractivity contribution in [1.82, 2.24) is 0 Å². The molecule has 1 aromatic rings. The van der Waals surface area contributed by atoms with Crippen LogP contribution in [0.3, 0.4) is 0 Å². The van der Waals surface area contributed by atoms with Crippen LogP contribution in [0.4, 0.5) is 0 Å². The summed E-state index contributed by atoms with van der Waals surface area (Å²) in [5.41, 5.74) is 1.20. The van der Waals surface area contributed by atoms with Crippen molar-refractivity contribution in [3.05, 3.63) is 34.9 Å². The number of rotatable bonds is 3. The maximum absolute atomic E-state index is 10.6. The van der Waals surface area contributed by atoms with Crippen LogP contribution in [0.1, 0.15) is 50.5 Å². The second kappa shape index (κ2) is 6.49. The van der Waals surface area contributed by atoms with Gasteiger partial charge < -0.3 is 5.11 Å². The Kier molecular flexibility index (Phi) is 4.68. The van der Waals surface area contributed by atoms with Crippen LogP contribution in [0.25, 0.3) is 0 Å². The summed E-state index contributed by atoms with van der Waals surface area (Å²) < 4.78 is 0. The Morgan fingerprint density at radius 2 is 1.70 bits per heavy atom. The van der Waals surface area contributed by atoms with Gasteiger partial charge in [-0.05, 0) is 61.1 Å². The average molecular weight is 293 g/mol. The Hall–Kier alpha value is -0.530. The van der Waals surface area contributed by atoms with Crippen molar-refractivity contribution >= 4 is 11.6 Å². The first-order chi connectivity index (χ1) is 9.72. The zero-order chi connectivity index (χ0) is 13.9. The molecule has 4 atom stereocenters. The van der Waals surface area contributed by atoms with Crippen LogP contribution in [0.15, 0.2) is 24.3 Å². The van der Waals surface area contributed by atoms with Gasteiger partial charge in [-0.3, -0.25) is 0 Å². The molecule has 2 saturated carbocycles. The van der Waals surface area contributed by atoms with Gasteiger partial charge in [0.2, 0.25) is 0 Å². The van der Waals surface area contributed by atoms with Crippen LogP contribution in [0.2, 0.25) is 5.02 Å². The maximum atomic E-state index is 10.6. The molecule has 1 N–H and O–H groups in total. The molecule has 1 nitrogen and oxygen atoms in total. The third-order valence-electron chi connectivity index (χ3n) is 5.48. The van der Waals surface area contributed by atoms with E-state index in [9.17, 15) is 5.11 Å². The molecule has 1 aromatic carbocycles. The summed E-state index contributed by atoms with van der Waals surface area (Å²) in [5, 5.41) is 11.3. The highest BCUT2D eigenvalue weighted by Gasteiger charge is 2.34.